The number of aromatic nitrogens is 1. The summed E-state index contributed by atoms with van der Waals surface area (Å²) in [5, 5.41) is 3.33. The Hall–Kier alpha value is -1.82. The van der Waals surface area contributed by atoms with Gasteiger partial charge in [0.05, 0.1) is 19.3 Å². The summed E-state index contributed by atoms with van der Waals surface area (Å²) >= 11 is 0. The minimum atomic E-state index is 0.132. The highest BCUT2D eigenvalue weighted by Crippen LogP contribution is 2.28. The maximum Gasteiger partial charge on any atom is 0.213 e. The number of nitrogens with one attached hydrogen (secondary N) is 1. The fourth-order valence-electron chi connectivity index (χ4n) is 2.29. The van der Waals surface area contributed by atoms with Crippen LogP contribution in [0.15, 0.2) is 23.3 Å². The third-order valence-electron chi connectivity index (χ3n) is 3.88. The fourth-order valence-corrected chi connectivity index (χ4v) is 2.29. The zero-order chi connectivity index (χ0) is 18.1. The van der Waals surface area contributed by atoms with Crippen molar-refractivity contribution in [3.63, 3.8) is 0 Å². The zero-order valence-corrected chi connectivity index (χ0v) is 16.0. The van der Waals surface area contributed by atoms with Crippen molar-refractivity contribution in [2.75, 3.05) is 33.4 Å². The normalized spacial score (nSPS) is 14.7. The molecule has 2 rings (SSSR count). The molecule has 1 saturated carbocycles. The Balaban J connectivity index is 1.82. The molecule has 0 amide bonds. The summed E-state index contributed by atoms with van der Waals surface area (Å²) in [6, 6.07) is 3.91. The smallest absolute Gasteiger partial charge is 0.213 e. The number of likely N-dealkylation sites (N-methyl/N-ethyl adjacent to an activating group) is 1. The Labute approximate surface area is 151 Å². The van der Waals surface area contributed by atoms with E-state index in [-0.39, 0.29) is 6.10 Å². The molecule has 6 nitrogen and oxygen atoms in total. The zero-order valence-electron chi connectivity index (χ0n) is 16.0. The van der Waals surface area contributed by atoms with Crippen LogP contribution >= 0.6 is 0 Å². The molecule has 0 aromatic carbocycles. The fraction of sp³-hybridized carbons (Fsp3) is 0.684. The van der Waals surface area contributed by atoms with Gasteiger partial charge in [0, 0.05) is 39.0 Å². The summed E-state index contributed by atoms with van der Waals surface area (Å²) in [5.41, 5.74) is 1.06. The first-order chi connectivity index (χ1) is 12.1. The second kappa shape index (κ2) is 10.2. The van der Waals surface area contributed by atoms with Gasteiger partial charge in [-0.05, 0) is 45.1 Å². The van der Waals surface area contributed by atoms with E-state index in [2.05, 4.69) is 22.1 Å². The lowest BCUT2D eigenvalue weighted by Gasteiger charge is -2.22. The highest BCUT2D eigenvalue weighted by molar-refractivity contribution is 5.79. The van der Waals surface area contributed by atoms with Crippen LogP contribution in [-0.2, 0) is 11.3 Å². The Morgan fingerprint density at radius 1 is 1.40 bits per heavy atom. The quantitative estimate of drug-likeness (QED) is 0.400. The van der Waals surface area contributed by atoms with Crippen LogP contribution in [0.1, 0.15) is 39.2 Å². The topological polar surface area (TPSA) is 59.0 Å². The summed E-state index contributed by atoms with van der Waals surface area (Å²) in [5.74, 6) is 2.35. The van der Waals surface area contributed by atoms with E-state index < -0.39 is 0 Å². The molecular weight excluding hydrogens is 316 g/mol. The second-order valence-corrected chi connectivity index (χ2v) is 6.78. The van der Waals surface area contributed by atoms with Gasteiger partial charge in [-0.25, -0.2) is 9.98 Å². The molecule has 0 unspecified atom stereocenters. The molecule has 1 N–H and O–H groups in total. The van der Waals surface area contributed by atoms with Gasteiger partial charge in [-0.1, -0.05) is 6.07 Å². The van der Waals surface area contributed by atoms with Gasteiger partial charge in [0.1, 0.15) is 0 Å². The van der Waals surface area contributed by atoms with Gasteiger partial charge in [-0.15, -0.1) is 0 Å². The lowest BCUT2D eigenvalue weighted by atomic mass is 10.3. The number of hydrogen-bond acceptors (Lipinski definition) is 4. The maximum atomic E-state index is 5.72. The summed E-state index contributed by atoms with van der Waals surface area (Å²) in [7, 11) is 2.04. The van der Waals surface area contributed by atoms with Crippen LogP contribution in [0.5, 0.6) is 5.88 Å². The molecule has 0 atom stereocenters. The van der Waals surface area contributed by atoms with Crippen molar-refractivity contribution in [2.45, 2.75) is 46.3 Å². The number of rotatable bonds is 10. The van der Waals surface area contributed by atoms with Crippen LogP contribution in [0.2, 0.25) is 0 Å². The van der Waals surface area contributed by atoms with Crippen molar-refractivity contribution in [3.8, 4) is 5.88 Å². The predicted molar refractivity (Wildman–Crippen MR) is 101 cm³/mol. The number of guanidine groups is 1. The van der Waals surface area contributed by atoms with E-state index in [4.69, 9.17) is 14.5 Å². The third-order valence-corrected chi connectivity index (χ3v) is 3.88. The SMILES string of the molecule is CCNC(=NCc1ccc(OC(C)C)nc1)N(C)CCOCC1CC1. The Bertz CT molecular complexity index is 527. The van der Waals surface area contributed by atoms with Crippen LogP contribution in [0, 0.1) is 5.92 Å². The van der Waals surface area contributed by atoms with Gasteiger partial charge in [-0.3, -0.25) is 0 Å². The van der Waals surface area contributed by atoms with Crippen molar-refractivity contribution in [2.24, 2.45) is 10.9 Å². The van der Waals surface area contributed by atoms with E-state index in [1.807, 2.05) is 39.2 Å². The largest absolute Gasteiger partial charge is 0.475 e. The van der Waals surface area contributed by atoms with Crippen LogP contribution < -0.4 is 10.1 Å². The third kappa shape index (κ3) is 7.73. The van der Waals surface area contributed by atoms with E-state index in [1.165, 1.54) is 12.8 Å². The Morgan fingerprint density at radius 3 is 2.80 bits per heavy atom. The van der Waals surface area contributed by atoms with Crippen molar-refractivity contribution in [1.29, 1.82) is 0 Å². The molecule has 1 aliphatic carbocycles. The van der Waals surface area contributed by atoms with Crippen LogP contribution in [0.3, 0.4) is 0 Å². The predicted octanol–water partition coefficient (Wildman–Crippen LogP) is 2.69. The summed E-state index contributed by atoms with van der Waals surface area (Å²) in [4.78, 5) is 11.1. The summed E-state index contributed by atoms with van der Waals surface area (Å²) in [6.07, 6.45) is 4.61. The first-order valence-electron chi connectivity index (χ1n) is 9.27. The van der Waals surface area contributed by atoms with Gasteiger partial charge in [0.15, 0.2) is 5.96 Å². The summed E-state index contributed by atoms with van der Waals surface area (Å²) in [6.45, 7) is 9.96. The van der Waals surface area contributed by atoms with Gasteiger partial charge in [-0.2, -0.15) is 0 Å². The molecule has 25 heavy (non-hydrogen) atoms. The van der Waals surface area contributed by atoms with E-state index in [0.29, 0.717) is 12.4 Å². The molecule has 6 heteroatoms. The van der Waals surface area contributed by atoms with Crippen molar-refractivity contribution in [3.05, 3.63) is 23.9 Å². The molecule has 1 aromatic rings. The van der Waals surface area contributed by atoms with E-state index in [9.17, 15) is 0 Å². The lowest BCUT2D eigenvalue weighted by molar-refractivity contribution is 0.115. The first-order valence-corrected chi connectivity index (χ1v) is 9.27. The highest BCUT2D eigenvalue weighted by Gasteiger charge is 2.21. The molecule has 0 bridgehead atoms. The number of nitrogens with zero attached hydrogens (tertiary/aromatic N) is 3. The maximum absolute atomic E-state index is 5.72. The Kier molecular flexibility index (Phi) is 7.98. The second-order valence-electron chi connectivity index (χ2n) is 6.78. The van der Waals surface area contributed by atoms with Crippen molar-refractivity contribution in [1.82, 2.24) is 15.2 Å². The standard InChI is InChI=1S/C19H32N4O2/c1-5-20-19(23(4)10-11-24-14-16-6-7-16)22-13-17-8-9-18(21-12-17)25-15(2)3/h8-9,12,15-16H,5-7,10-11,13-14H2,1-4H3,(H,20,22). The van der Waals surface area contributed by atoms with Crippen LogP contribution in [-0.4, -0.2) is 55.3 Å². The van der Waals surface area contributed by atoms with Gasteiger partial charge >= 0.3 is 0 Å². The molecule has 0 saturated heterocycles. The average Bonchev–Trinajstić information content (AvgIpc) is 3.40. The summed E-state index contributed by atoms with van der Waals surface area (Å²) < 4.78 is 11.3. The van der Waals surface area contributed by atoms with E-state index in [1.54, 1.807) is 0 Å². The van der Waals surface area contributed by atoms with Gasteiger partial charge in [0.25, 0.3) is 0 Å². The minimum absolute atomic E-state index is 0.132. The van der Waals surface area contributed by atoms with Crippen molar-refractivity contribution < 1.29 is 9.47 Å². The molecule has 1 aromatic heterocycles. The number of hydrogen-bond donors (Lipinski definition) is 1. The number of ether oxygens (including phenoxy) is 2. The van der Waals surface area contributed by atoms with Crippen LogP contribution in [0.4, 0.5) is 0 Å². The average molecular weight is 348 g/mol. The van der Waals surface area contributed by atoms with E-state index in [0.717, 1.165) is 43.7 Å². The molecule has 0 radical (unpaired) electrons. The molecule has 1 fully saturated rings. The molecule has 0 spiro atoms. The monoisotopic (exact) mass is 348 g/mol. The highest BCUT2D eigenvalue weighted by atomic mass is 16.5. The molecule has 0 aliphatic heterocycles. The first kappa shape index (κ1) is 19.5. The minimum Gasteiger partial charge on any atom is -0.475 e. The van der Waals surface area contributed by atoms with Gasteiger partial charge < -0.3 is 19.7 Å². The van der Waals surface area contributed by atoms with Crippen molar-refractivity contribution >= 4 is 5.96 Å². The number of pyridine rings is 1. The van der Waals surface area contributed by atoms with Crippen LogP contribution in [0.25, 0.3) is 0 Å². The molecule has 1 aliphatic rings. The lowest BCUT2D eigenvalue weighted by Crippen LogP contribution is -2.40. The molecule has 140 valence electrons. The van der Waals surface area contributed by atoms with Gasteiger partial charge in [0.2, 0.25) is 5.88 Å². The number of aliphatic imine (C=N–C) groups is 1. The molecule has 1 heterocycles. The van der Waals surface area contributed by atoms with E-state index >= 15 is 0 Å². The Morgan fingerprint density at radius 2 is 2.20 bits per heavy atom. The molecular formula is C19H32N4O2.